The van der Waals surface area contributed by atoms with E-state index in [4.69, 9.17) is 4.74 Å². The predicted molar refractivity (Wildman–Crippen MR) is 71.3 cm³/mol. The van der Waals surface area contributed by atoms with Crippen molar-refractivity contribution in [1.82, 2.24) is 19.9 Å². The fourth-order valence-electron chi connectivity index (χ4n) is 2.75. The molecular formula is C14H20N4O2. The summed E-state index contributed by atoms with van der Waals surface area (Å²) >= 11 is 0. The molecule has 2 saturated carbocycles. The highest BCUT2D eigenvalue weighted by Gasteiger charge is 2.35. The van der Waals surface area contributed by atoms with Gasteiger partial charge in [-0.25, -0.2) is 9.48 Å². The summed E-state index contributed by atoms with van der Waals surface area (Å²) in [6, 6.07) is 0.270. The van der Waals surface area contributed by atoms with Crippen LogP contribution in [0.2, 0.25) is 0 Å². The molecule has 0 atom stereocenters. The standard InChI is InChI=1S/C14H20N4O2/c19-14(20-9-10-2-1-3-10)17-6-12(7-17)18-8-13(15-16-18)11-4-5-11/h8,10-12H,1-7,9H2. The summed E-state index contributed by atoms with van der Waals surface area (Å²) in [7, 11) is 0. The summed E-state index contributed by atoms with van der Waals surface area (Å²) in [6.07, 6.45) is 8.04. The predicted octanol–water partition coefficient (Wildman–Crippen LogP) is 1.95. The van der Waals surface area contributed by atoms with E-state index in [-0.39, 0.29) is 12.1 Å². The van der Waals surface area contributed by atoms with Crippen LogP contribution >= 0.6 is 0 Å². The van der Waals surface area contributed by atoms with E-state index in [1.807, 2.05) is 10.9 Å². The second-order valence-electron chi connectivity index (χ2n) is 6.33. The molecular weight excluding hydrogens is 256 g/mol. The van der Waals surface area contributed by atoms with Gasteiger partial charge in [-0.3, -0.25) is 0 Å². The maximum atomic E-state index is 11.8. The van der Waals surface area contributed by atoms with Gasteiger partial charge < -0.3 is 9.64 Å². The van der Waals surface area contributed by atoms with E-state index >= 15 is 0 Å². The Hall–Kier alpha value is -1.59. The summed E-state index contributed by atoms with van der Waals surface area (Å²) in [5, 5.41) is 8.39. The van der Waals surface area contributed by atoms with Gasteiger partial charge in [0.25, 0.3) is 0 Å². The number of nitrogens with zero attached hydrogens (tertiary/aromatic N) is 4. The highest BCUT2D eigenvalue weighted by Crippen LogP contribution is 2.39. The molecule has 108 valence electrons. The first-order valence-corrected chi connectivity index (χ1v) is 7.63. The normalized spacial score (nSPS) is 23.3. The van der Waals surface area contributed by atoms with Crippen LogP contribution in [-0.4, -0.2) is 45.7 Å². The molecule has 1 amide bonds. The van der Waals surface area contributed by atoms with Crippen molar-refractivity contribution in [2.75, 3.05) is 19.7 Å². The fraction of sp³-hybridized carbons (Fsp3) is 0.786. The number of ether oxygens (including phenoxy) is 1. The van der Waals surface area contributed by atoms with E-state index in [9.17, 15) is 4.79 Å². The zero-order valence-electron chi connectivity index (χ0n) is 11.6. The lowest BCUT2D eigenvalue weighted by Gasteiger charge is -2.38. The van der Waals surface area contributed by atoms with Gasteiger partial charge in [-0.2, -0.15) is 0 Å². The minimum absolute atomic E-state index is 0.171. The summed E-state index contributed by atoms with van der Waals surface area (Å²) in [5.74, 6) is 1.24. The van der Waals surface area contributed by atoms with Gasteiger partial charge in [0, 0.05) is 25.2 Å². The molecule has 0 radical (unpaired) electrons. The smallest absolute Gasteiger partial charge is 0.409 e. The summed E-state index contributed by atoms with van der Waals surface area (Å²) in [4.78, 5) is 13.6. The maximum Gasteiger partial charge on any atom is 0.409 e. The number of hydrogen-bond acceptors (Lipinski definition) is 4. The largest absolute Gasteiger partial charge is 0.449 e. The summed E-state index contributed by atoms with van der Waals surface area (Å²) < 4.78 is 7.24. The molecule has 20 heavy (non-hydrogen) atoms. The molecule has 2 aliphatic carbocycles. The first-order valence-electron chi connectivity index (χ1n) is 7.63. The Morgan fingerprint density at radius 2 is 2.10 bits per heavy atom. The molecule has 0 spiro atoms. The zero-order valence-corrected chi connectivity index (χ0v) is 11.6. The van der Waals surface area contributed by atoms with Crippen LogP contribution in [0.15, 0.2) is 6.20 Å². The van der Waals surface area contributed by atoms with Crippen LogP contribution in [-0.2, 0) is 4.74 Å². The third-order valence-electron chi connectivity index (χ3n) is 4.69. The van der Waals surface area contributed by atoms with Gasteiger partial charge in [-0.05, 0) is 31.6 Å². The Bertz CT molecular complexity index is 501. The van der Waals surface area contributed by atoms with Gasteiger partial charge in [0.1, 0.15) is 0 Å². The second kappa shape index (κ2) is 4.75. The highest BCUT2D eigenvalue weighted by molar-refractivity contribution is 5.68. The van der Waals surface area contributed by atoms with Crippen molar-refractivity contribution in [2.45, 2.75) is 44.1 Å². The Morgan fingerprint density at radius 3 is 2.75 bits per heavy atom. The SMILES string of the molecule is O=C(OCC1CCC1)N1CC(n2cc(C3CC3)nn2)C1. The average Bonchev–Trinajstić information content (AvgIpc) is 3.06. The minimum atomic E-state index is -0.171. The Kier molecular flexibility index (Phi) is 2.89. The number of carbonyl (C=O) groups excluding carboxylic acids is 1. The molecule has 1 aromatic rings. The van der Waals surface area contributed by atoms with Gasteiger partial charge in [0.2, 0.25) is 0 Å². The molecule has 0 unspecified atom stereocenters. The minimum Gasteiger partial charge on any atom is -0.449 e. The second-order valence-corrected chi connectivity index (χ2v) is 6.33. The number of amides is 1. The van der Waals surface area contributed by atoms with E-state index < -0.39 is 0 Å². The van der Waals surface area contributed by atoms with E-state index in [2.05, 4.69) is 10.3 Å². The van der Waals surface area contributed by atoms with Gasteiger partial charge in [0.05, 0.1) is 18.3 Å². The van der Waals surface area contributed by atoms with E-state index in [0.29, 0.717) is 31.5 Å². The highest BCUT2D eigenvalue weighted by atomic mass is 16.6. The lowest BCUT2D eigenvalue weighted by Crippen LogP contribution is -2.51. The van der Waals surface area contributed by atoms with E-state index in [1.165, 1.54) is 32.1 Å². The molecule has 1 aromatic heterocycles. The van der Waals surface area contributed by atoms with Crippen LogP contribution in [0.5, 0.6) is 0 Å². The number of aromatic nitrogens is 3. The summed E-state index contributed by atoms with van der Waals surface area (Å²) in [5.41, 5.74) is 1.11. The van der Waals surface area contributed by atoms with Crippen molar-refractivity contribution in [1.29, 1.82) is 0 Å². The fourth-order valence-corrected chi connectivity index (χ4v) is 2.75. The molecule has 1 aliphatic heterocycles. The lowest BCUT2D eigenvalue weighted by atomic mass is 9.86. The number of carbonyl (C=O) groups is 1. The molecule has 4 rings (SSSR count). The van der Waals surface area contributed by atoms with Crippen molar-refractivity contribution in [3.05, 3.63) is 11.9 Å². The van der Waals surface area contributed by atoms with Crippen molar-refractivity contribution < 1.29 is 9.53 Å². The average molecular weight is 276 g/mol. The third kappa shape index (κ3) is 2.27. The monoisotopic (exact) mass is 276 g/mol. The van der Waals surface area contributed by atoms with Crippen LogP contribution in [0.4, 0.5) is 4.79 Å². The van der Waals surface area contributed by atoms with Crippen molar-refractivity contribution in [2.24, 2.45) is 5.92 Å². The van der Waals surface area contributed by atoms with Crippen LogP contribution in [0.3, 0.4) is 0 Å². The van der Waals surface area contributed by atoms with Gasteiger partial charge in [0.15, 0.2) is 0 Å². The molecule has 3 fully saturated rings. The lowest BCUT2D eigenvalue weighted by molar-refractivity contribution is 0.0359. The zero-order chi connectivity index (χ0) is 13.5. The number of likely N-dealkylation sites (tertiary alicyclic amines) is 1. The molecule has 1 saturated heterocycles. The van der Waals surface area contributed by atoms with E-state index in [1.54, 1.807) is 4.90 Å². The molecule has 2 heterocycles. The Labute approximate surface area is 118 Å². The van der Waals surface area contributed by atoms with Crippen LogP contribution in [0.25, 0.3) is 0 Å². The quantitative estimate of drug-likeness (QED) is 0.843. The molecule has 0 bridgehead atoms. The summed E-state index contributed by atoms with van der Waals surface area (Å²) in [6.45, 7) is 1.98. The first kappa shape index (κ1) is 12.2. The molecule has 3 aliphatic rings. The molecule has 0 aromatic carbocycles. The van der Waals surface area contributed by atoms with Gasteiger partial charge >= 0.3 is 6.09 Å². The van der Waals surface area contributed by atoms with Crippen molar-refractivity contribution in [3.8, 4) is 0 Å². The number of hydrogen-bond donors (Lipinski definition) is 0. The van der Waals surface area contributed by atoms with Gasteiger partial charge in [-0.1, -0.05) is 11.6 Å². The maximum absolute atomic E-state index is 11.8. The Morgan fingerprint density at radius 1 is 1.30 bits per heavy atom. The third-order valence-corrected chi connectivity index (χ3v) is 4.69. The number of rotatable bonds is 4. The molecule has 6 nitrogen and oxygen atoms in total. The molecule has 0 N–H and O–H groups in total. The van der Waals surface area contributed by atoms with Crippen molar-refractivity contribution >= 4 is 6.09 Å². The topological polar surface area (TPSA) is 60.2 Å². The van der Waals surface area contributed by atoms with Crippen LogP contribution in [0.1, 0.15) is 49.8 Å². The molecule has 6 heteroatoms. The first-order chi connectivity index (χ1) is 9.79. The van der Waals surface area contributed by atoms with Crippen LogP contribution < -0.4 is 0 Å². The van der Waals surface area contributed by atoms with E-state index in [0.717, 1.165) is 5.69 Å². The van der Waals surface area contributed by atoms with Crippen molar-refractivity contribution in [3.63, 3.8) is 0 Å². The van der Waals surface area contributed by atoms with Gasteiger partial charge in [-0.15, -0.1) is 5.10 Å². The van der Waals surface area contributed by atoms with Crippen LogP contribution in [0, 0.1) is 5.92 Å². The Balaban J connectivity index is 1.24.